The van der Waals surface area contributed by atoms with E-state index in [0.29, 0.717) is 34.5 Å². The van der Waals surface area contributed by atoms with E-state index in [0.717, 1.165) is 25.7 Å². The monoisotopic (exact) mass is 404 g/mol. The van der Waals surface area contributed by atoms with Crippen LogP contribution in [0.15, 0.2) is 15.7 Å². The lowest BCUT2D eigenvalue weighted by Crippen LogP contribution is -2.44. The molecule has 29 heavy (non-hydrogen) atoms. The number of aryl methyl sites for hydroxylation is 1. The van der Waals surface area contributed by atoms with Gasteiger partial charge in [-0.05, 0) is 44.1 Å². The first-order chi connectivity index (χ1) is 13.8. The van der Waals surface area contributed by atoms with Gasteiger partial charge in [0.05, 0.1) is 29.3 Å². The summed E-state index contributed by atoms with van der Waals surface area (Å²) in [6.45, 7) is 2.41. The number of benzene rings is 1. The summed E-state index contributed by atoms with van der Waals surface area (Å²) < 4.78 is 17.3. The standard InChI is InChI=1S/C20H25FN4O4/c1-10-16-12(18(28)25(22)19(29)24(16)11-2-3-11)6-14(21)17(10)23-7-13(15(27)8-26)20(9-23)4-5-20/h6,11,13,15,26-27H,2-5,7-9,22H2,1H3. The molecule has 1 aromatic heterocycles. The number of halogens is 1. The molecule has 1 aliphatic heterocycles. The third-order valence-corrected chi connectivity index (χ3v) is 7.05. The summed E-state index contributed by atoms with van der Waals surface area (Å²) in [6.07, 6.45) is 2.66. The Kier molecular flexibility index (Phi) is 3.89. The van der Waals surface area contributed by atoms with Crippen molar-refractivity contribution in [2.45, 2.75) is 44.8 Å². The summed E-state index contributed by atoms with van der Waals surface area (Å²) in [5, 5.41) is 19.8. The fourth-order valence-corrected chi connectivity index (χ4v) is 5.23. The van der Waals surface area contributed by atoms with Crippen molar-refractivity contribution in [2.75, 3.05) is 30.4 Å². The van der Waals surface area contributed by atoms with Crippen LogP contribution in [-0.4, -0.2) is 45.3 Å². The molecule has 8 nitrogen and oxygen atoms in total. The normalized spacial score (nSPS) is 23.9. The number of hydrogen-bond donors (Lipinski definition) is 3. The van der Waals surface area contributed by atoms with Gasteiger partial charge in [-0.15, -0.1) is 0 Å². The highest BCUT2D eigenvalue weighted by molar-refractivity contribution is 5.87. The first-order valence-corrected chi connectivity index (χ1v) is 10.1. The Morgan fingerprint density at radius 2 is 2.03 bits per heavy atom. The average molecular weight is 404 g/mol. The van der Waals surface area contributed by atoms with Crippen molar-refractivity contribution in [3.8, 4) is 0 Å². The van der Waals surface area contributed by atoms with Gasteiger partial charge in [-0.25, -0.2) is 9.18 Å². The van der Waals surface area contributed by atoms with E-state index >= 15 is 4.39 Å². The van der Waals surface area contributed by atoms with Gasteiger partial charge >= 0.3 is 5.69 Å². The number of hydrogen-bond acceptors (Lipinski definition) is 6. The third-order valence-electron chi connectivity index (χ3n) is 7.05. The zero-order chi connectivity index (χ0) is 20.7. The molecule has 4 N–H and O–H groups in total. The van der Waals surface area contributed by atoms with E-state index in [1.54, 1.807) is 6.92 Å². The Morgan fingerprint density at radius 3 is 2.62 bits per heavy atom. The maximum Gasteiger partial charge on any atom is 0.350 e. The molecule has 2 atom stereocenters. The summed E-state index contributed by atoms with van der Waals surface area (Å²) in [6, 6.07) is 1.14. The smallest absolute Gasteiger partial charge is 0.350 e. The lowest BCUT2D eigenvalue weighted by atomic mass is 9.88. The second-order valence-electron chi connectivity index (χ2n) is 8.89. The van der Waals surface area contributed by atoms with Crippen LogP contribution in [0.4, 0.5) is 10.1 Å². The van der Waals surface area contributed by atoms with Gasteiger partial charge in [-0.2, -0.15) is 4.68 Å². The number of nitrogens with zero attached hydrogens (tertiary/aromatic N) is 3. The minimum Gasteiger partial charge on any atom is -0.394 e. The molecule has 1 aromatic carbocycles. The molecule has 3 aliphatic rings. The number of anilines is 1. The third kappa shape index (κ3) is 2.56. The summed E-state index contributed by atoms with van der Waals surface area (Å²) in [7, 11) is 0. The van der Waals surface area contributed by atoms with Crippen LogP contribution in [0.1, 0.15) is 37.3 Å². The minimum absolute atomic E-state index is 0.0327. The van der Waals surface area contributed by atoms with Crippen LogP contribution in [0, 0.1) is 24.1 Å². The van der Waals surface area contributed by atoms with Gasteiger partial charge in [0.25, 0.3) is 5.56 Å². The molecule has 0 bridgehead atoms. The van der Waals surface area contributed by atoms with Crippen LogP contribution in [0.2, 0.25) is 0 Å². The summed E-state index contributed by atoms with van der Waals surface area (Å²) in [5.74, 6) is 5.00. The molecule has 3 fully saturated rings. The highest BCUT2D eigenvalue weighted by atomic mass is 19.1. The summed E-state index contributed by atoms with van der Waals surface area (Å²) in [4.78, 5) is 27.1. The van der Waals surface area contributed by atoms with Gasteiger partial charge in [-0.3, -0.25) is 9.36 Å². The second-order valence-corrected chi connectivity index (χ2v) is 8.89. The molecule has 2 heterocycles. The number of fused-ring (bicyclic) bond motifs is 1. The van der Waals surface area contributed by atoms with Crippen molar-refractivity contribution in [2.24, 2.45) is 11.3 Å². The van der Waals surface area contributed by atoms with Gasteiger partial charge in [0.1, 0.15) is 5.82 Å². The van der Waals surface area contributed by atoms with Crippen LogP contribution in [0.25, 0.3) is 10.9 Å². The van der Waals surface area contributed by atoms with E-state index in [4.69, 9.17) is 5.84 Å². The van der Waals surface area contributed by atoms with E-state index in [1.807, 2.05) is 4.90 Å². The number of aliphatic hydroxyl groups is 2. The highest BCUT2D eigenvalue weighted by Gasteiger charge is 2.57. The van der Waals surface area contributed by atoms with Crippen LogP contribution in [0.3, 0.4) is 0 Å². The molecule has 1 spiro atoms. The second kappa shape index (κ2) is 6.06. The van der Waals surface area contributed by atoms with Crippen molar-refractivity contribution in [1.29, 1.82) is 0 Å². The molecule has 2 unspecified atom stereocenters. The zero-order valence-electron chi connectivity index (χ0n) is 16.3. The largest absolute Gasteiger partial charge is 0.394 e. The molecule has 5 rings (SSSR count). The summed E-state index contributed by atoms with van der Waals surface area (Å²) >= 11 is 0. The van der Waals surface area contributed by atoms with Crippen molar-refractivity contribution < 1.29 is 14.6 Å². The molecule has 2 saturated carbocycles. The lowest BCUT2D eigenvalue weighted by Gasteiger charge is -2.24. The summed E-state index contributed by atoms with van der Waals surface area (Å²) in [5.41, 5.74) is -0.0524. The molecule has 9 heteroatoms. The number of nitrogen functional groups attached to an aromatic ring is 1. The maximum absolute atomic E-state index is 15.2. The number of aliphatic hydroxyl groups excluding tert-OH is 2. The maximum atomic E-state index is 15.2. The van der Waals surface area contributed by atoms with E-state index in [1.165, 1.54) is 10.6 Å². The van der Waals surface area contributed by atoms with Crippen molar-refractivity contribution in [3.05, 3.63) is 38.3 Å². The van der Waals surface area contributed by atoms with Gasteiger partial charge in [-0.1, -0.05) is 0 Å². The van der Waals surface area contributed by atoms with E-state index < -0.39 is 23.2 Å². The van der Waals surface area contributed by atoms with Crippen molar-refractivity contribution >= 4 is 16.6 Å². The fourth-order valence-electron chi connectivity index (χ4n) is 5.23. The van der Waals surface area contributed by atoms with Crippen LogP contribution in [-0.2, 0) is 0 Å². The SMILES string of the molecule is Cc1c(N2CC(C(O)CO)C3(CC3)C2)c(F)cc2c(=O)n(N)c(=O)n(C3CC3)c12. The van der Waals surface area contributed by atoms with Crippen molar-refractivity contribution in [3.63, 3.8) is 0 Å². The molecule has 1 saturated heterocycles. The molecule has 156 valence electrons. The van der Waals surface area contributed by atoms with Crippen LogP contribution in [0.5, 0.6) is 0 Å². The molecule has 0 radical (unpaired) electrons. The Balaban J connectivity index is 1.70. The predicted molar refractivity (Wildman–Crippen MR) is 106 cm³/mol. The highest BCUT2D eigenvalue weighted by Crippen LogP contribution is 2.58. The Labute approximate surface area is 165 Å². The van der Waals surface area contributed by atoms with E-state index in [9.17, 15) is 19.8 Å². The molecule has 2 aliphatic carbocycles. The fraction of sp³-hybridized carbons (Fsp3) is 0.600. The first kappa shape index (κ1) is 18.6. The molecule has 0 amide bonds. The van der Waals surface area contributed by atoms with Gasteiger partial charge < -0.3 is 21.0 Å². The number of aromatic nitrogens is 2. The topological polar surface area (TPSA) is 114 Å². The van der Waals surface area contributed by atoms with Crippen LogP contribution < -0.4 is 22.0 Å². The van der Waals surface area contributed by atoms with Crippen LogP contribution >= 0.6 is 0 Å². The van der Waals surface area contributed by atoms with E-state index in [2.05, 4.69) is 0 Å². The number of nitrogens with two attached hydrogens (primary N) is 1. The lowest BCUT2D eigenvalue weighted by molar-refractivity contribution is 0.0335. The van der Waals surface area contributed by atoms with Gasteiger partial charge in [0.15, 0.2) is 0 Å². The zero-order valence-corrected chi connectivity index (χ0v) is 16.3. The average Bonchev–Trinajstić information content (AvgIpc) is 3.60. The quantitative estimate of drug-likeness (QED) is 0.629. The molecule has 2 aromatic rings. The first-order valence-electron chi connectivity index (χ1n) is 10.1. The Morgan fingerprint density at radius 1 is 1.34 bits per heavy atom. The Hall–Kier alpha value is -2.39. The van der Waals surface area contributed by atoms with Gasteiger partial charge in [0.2, 0.25) is 0 Å². The van der Waals surface area contributed by atoms with Gasteiger partial charge in [0, 0.05) is 30.6 Å². The number of rotatable bonds is 4. The predicted octanol–water partition coefficient (Wildman–Crippen LogP) is 0.229. The Bertz CT molecular complexity index is 1130. The molecular formula is C20H25FN4O4. The minimum atomic E-state index is -0.847. The van der Waals surface area contributed by atoms with Crippen molar-refractivity contribution in [1.82, 2.24) is 9.24 Å². The van der Waals surface area contributed by atoms with E-state index in [-0.39, 0.29) is 29.4 Å². The molecular weight excluding hydrogens is 379 g/mol.